The lowest BCUT2D eigenvalue weighted by atomic mass is 9.98. The van der Waals surface area contributed by atoms with E-state index in [1.165, 1.54) is 12.1 Å². The third kappa shape index (κ3) is 5.08. The predicted molar refractivity (Wildman–Crippen MR) is 141 cm³/mol. The number of esters is 1. The first kappa shape index (κ1) is 26.3. The molecule has 198 valence electrons. The fourth-order valence-corrected chi connectivity index (χ4v) is 5.98. The Morgan fingerprint density at radius 1 is 0.949 bits per heavy atom. The van der Waals surface area contributed by atoms with Gasteiger partial charge in [-0.2, -0.15) is 0 Å². The number of nitrogens with zero attached hydrogens (tertiary/aromatic N) is 1. The van der Waals surface area contributed by atoms with E-state index < -0.39 is 53.2 Å². The zero-order valence-electron chi connectivity index (χ0n) is 20.5. The van der Waals surface area contributed by atoms with Gasteiger partial charge in [0.1, 0.15) is 17.7 Å². The largest absolute Gasteiger partial charge is 0.451 e. The van der Waals surface area contributed by atoms with Gasteiger partial charge in [-0.05, 0) is 11.1 Å². The van der Waals surface area contributed by atoms with Gasteiger partial charge in [-0.3, -0.25) is 19.2 Å². The Kier molecular flexibility index (Phi) is 7.58. The van der Waals surface area contributed by atoms with E-state index >= 15 is 0 Å². The summed E-state index contributed by atoms with van der Waals surface area (Å²) in [6, 6.07) is 21.7. The van der Waals surface area contributed by atoms with Crippen molar-refractivity contribution >= 4 is 41.6 Å². The number of β-lactam (4-membered cyclic amide) rings is 1. The molecule has 2 unspecified atom stereocenters. The number of fused-ring (bicyclic) bond motifs is 1. The van der Waals surface area contributed by atoms with Gasteiger partial charge < -0.3 is 20.1 Å². The summed E-state index contributed by atoms with van der Waals surface area (Å²) in [7, 11) is 0. The number of carbonyl (C=O) groups is 5. The van der Waals surface area contributed by atoms with Crippen LogP contribution < -0.4 is 5.32 Å². The van der Waals surface area contributed by atoms with Crippen molar-refractivity contribution in [3.63, 3.8) is 0 Å². The Morgan fingerprint density at radius 3 is 2.15 bits per heavy atom. The molecule has 2 fully saturated rings. The summed E-state index contributed by atoms with van der Waals surface area (Å²) < 4.78 is 5.85. The Balaban J connectivity index is 1.32. The van der Waals surface area contributed by atoms with Gasteiger partial charge in [0.25, 0.3) is 5.91 Å². The van der Waals surface area contributed by atoms with Crippen LogP contribution in [0.25, 0.3) is 0 Å². The molecule has 0 aromatic heterocycles. The maximum atomic E-state index is 13.4. The summed E-state index contributed by atoms with van der Waals surface area (Å²) in [4.78, 5) is 64.5. The first-order chi connectivity index (χ1) is 18.9. The number of ether oxygens (including phenoxy) is 1. The number of carbonyl (C=O) groups excluding carboxylic acids is 5. The highest BCUT2D eigenvalue weighted by Gasteiger charge is 2.58. The number of thioether (sulfide) groups is 1. The summed E-state index contributed by atoms with van der Waals surface area (Å²) in [5.74, 6) is -2.89. The lowest BCUT2D eigenvalue weighted by molar-refractivity contribution is -0.170. The number of benzene rings is 3. The molecule has 9 nitrogen and oxygen atoms in total. The van der Waals surface area contributed by atoms with Crippen molar-refractivity contribution in [1.82, 2.24) is 10.2 Å². The second-order valence-electron chi connectivity index (χ2n) is 9.09. The average molecular weight is 545 g/mol. The lowest BCUT2D eigenvalue weighted by Gasteiger charge is -2.51. The van der Waals surface area contributed by atoms with Crippen LogP contribution >= 0.6 is 11.8 Å². The standard InChI is InChI=1S/C29H24N2O7S/c32-15-19-13-7-8-14-20(19)24(34)26(35)30-22-27(36)31-23(21(33)16-39-28(22)31)29(37)38-25(17-9-3-1-4-10-17)18-11-5-2-6-12-18/h1-15,22-25,28,34H,16H2,(H,30,35)/t22-,23?,24?,28+/m1/s1. The van der Waals surface area contributed by atoms with Gasteiger partial charge in [0.2, 0.25) is 5.91 Å². The topological polar surface area (TPSA) is 130 Å². The van der Waals surface area contributed by atoms with Crippen LogP contribution in [0.2, 0.25) is 0 Å². The number of nitrogens with one attached hydrogen (secondary N) is 1. The molecule has 2 saturated heterocycles. The van der Waals surface area contributed by atoms with Gasteiger partial charge in [-0.25, -0.2) is 4.79 Å². The minimum Gasteiger partial charge on any atom is -0.451 e. The van der Waals surface area contributed by atoms with E-state index in [0.717, 1.165) is 16.7 Å². The molecule has 0 aliphatic carbocycles. The molecule has 2 N–H and O–H groups in total. The van der Waals surface area contributed by atoms with Crippen molar-refractivity contribution < 1.29 is 33.8 Å². The van der Waals surface area contributed by atoms with Crippen LogP contribution in [0.4, 0.5) is 0 Å². The molecule has 5 rings (SSSR count). The van der Waals surface area contributed by atoms with E-state index in [1.54, 1.807) is 36.4 Å². The summed E-state index contributed by atoms with van der Waals surface area (Å²) in [5.41, 5.74) is 1.66. The number of Topliss-reactive ketones (excluding diaryl/α,β-unsaturated/α-hetero) is 1. The monoisotopic (exact) mass is 544 g/mol. The number of aldehydes is 1. The highest BCUT2D eigenvalue weighted by molar-refractivity contribution is 8.00. The van der Waals surface area contributed by atoms with E-state index in [0.29, 0.717) is 17.4 Å². The number of ketones is 1. The van der Waals surface area contributed by atoms with Gasteiger partial charge in [-0.15, -0.1) is 11.8 Å². The van der Waals surface area contributed by atoms with Crippen molar-refractivity contribution in [2.75, 3.05) is 5.75 Å². The van der Waals surface area contributed by atoms with E-state index in [2.05, 4.69) is 5.32 Å². The molecule has 0 saturated carbocycles. The molecule has 2 aliphatic heterocycles. The van der Waals surface area contributed by atoms with Gasteiger partial charge in [-0.1, -0.05) is 84.9 Å². The smallest absolute Gasteiger partial charge is 0.337 e. The molecule has 4 atom stereocenters. The maximum absolute atomic E-state index is 13.4. The molecule has 2 aliphatic rings. The van der Waals surface area contributed by atoms with Crippen LogP contribution in [0.15, 0.2) is 84.9 Å². The Hall–Kier alpha value is -4.28. The van der Waals surface area contributed by atoms with Crippen molar-refractivity contribution in [2.45, 2.75) is 29.7 Å². The molecule has 0 spiro atoms. The lowest BCUT2D eigenvalue weighted by Crippen LogP contribution is -2.76. The molecule has 2 heterocycles. The van der Waals surface area contributed by atoms with Crippen molar-refractivity contribution in [3.8, 4) is 0 Å². The molecule has 3 aromatic rings. The van der Waals surface area contributed by atoms with Crippen LogP contribution in [0.3, 0.4) is 0 Å². The van der Waals surface area contributed by atoms with Gasteiger partial charge >= 0.3 is 5.97 Å². The summed E-state index contributed by atoms with van der Waals surface area (Å²) in [5, 5.41) is 12.3. The minimum atomic E-state index is -1.68. The fraction of sp³-hybridized carbons (Fsp3) is 0.207. The number of aliphatic hydroxyl groups excluding tert-OH is 1. The fourth-order valence-electron chi connectivity index (χ4n) is 4.72. The van der Waals surface area contributed by atoms with E-state index in [1.807, 2.05) is 36.4 Å². The Bertz CT molecular complexity index is 1380. The molecule has 10 heteroatoms. The van der Waals surface area contributed by atoms with Crippen LogP contribution in [-0.2, 0) is 23.9 Å². The minimum absolute atomic E-state index is 0.0571. The molecule has 39 heavy (non-hydrogen) atoms. The summed E-state index contributed by atoms with van der Waals surface area (Å²) in [6.07, 6.45) is -1.94. The zero-order chi connectivity index (χ0) is 27.5. The van der Waals surface area contributed by atoms with Gasteiger partial charge in [0, 0.05) is 11.1 Å². The summed E-state index contributed by atoms with van der Waals surface area (Å²) >= 11 is 1.12. The molecule has 2 amide bonds. The quantitative estimate of drug-likeness (QED) is 0.191. The maximum Gasteiger partial charge on any atom is 0.337 e. The van der Waals surface area contributed by atoms with Gasteiger partial charge in [0.05, 0.1) is 5.75 Å². The normalized spacial score (nSPS) is 21.0. The molecule has 3 aromatic carbocycles. The number of hydrogen-bond acceptors (Lipinski definition) is 8. The third-order valence-electron chi connectivity index (χ3n) is 6.68. The zero-order valence-corrected chi connectivity index (χ0v) is 21.3. The molecule has 0 bridgehead atoms. The van der Waals surface area contributed by atoms with E-state index in [9.17, 15) is 29.1 Å². The molecular formula is C29H24N2O7S. The number of aliphatic hydroxyl groups is 1. The first-order valence-electron chi connectivity index (χ1n) is 12.2. The predicted octanol–water partition coefficient (Wildman–Crippen LogP) is 2.20. The third-order valence-corrected chi connectivity index (χ3v) is 7.98. The number of amides is 2. The Morgan fingerprint density at radius 2 is 1.54 bits per heavy atom. The number of hydrogen-bond donors (Lipinski definition) is 2. The van der Waals surface area contributed by atoms with E-state index in [-0.39, 0.29) is 16.9 Å². The van der Waals surface area contributed by atoms with Crippen LogP contribution in [0.5, 0.6) is 0 Å². The van der Waals surface area contributed by atoms with Crippen LogP contribution in [-0.4, -0.2) is 63.1 Å². The van der Waals surface area contributed by atoms with E-state index in [4.69, 9.17) is 4.74 Å². The summed E-state index contributed by atoms with van der Waals surface area (Å²) in [6.45, 7) is 0. The molecular weight excluding hydrogens is 520 g/mol. The number of rotatable bonds is 8. The second kappa shape index (κ2) is 11.2. The first-order valence-corrected chi connectivity index (χ1v) is 13.2. The van der Waals surface area contributed by atoms with Gasteiger partial charge in [0.15, 0.2) is 24.0 Å². The van der Waals surface area contributed by atoms with Crippen LogP contribution in [0.1, 0.15) is 39.3 Å². The highest BCUT2D eigenvalue weighted by Crippen LogP contribution is 2.38. The van der Waals surface area contributed by atoms with Crippen molar-refractivity contribution in [1.29, 1.82) is 0 Å². The van der Waals surface area contributed by atoms with Crippen molar-refractivity contribution in [3.05, 3.63) is 107 Å². The molecule has 0 radical (unpaired) electrons. The average Bonchev–Trinajstić information content (AvgIpc) is 2.98. The highest BCUT2D eigenvalue weighted by atomic mass is 32.2. The second-order valence-corrected chi connectivity index (χ2v) is 10.2. The van der Waals surface area contributed by atoms with Crippen molar-refractivity contribution in [2.24, 2.45) is 0 Å². The Labute approximate surface area is 228 Å². The van der Waals surface area contributed by atoms with Crippen LogP contribution in [0, 0.1) is 0 Å². The SMILES string of the molecule is O=Cc1ccccc1C(O)C(=O)N[C@@H]1C(=O)N2C(C(=O)OC(c3ccccc3)c3ccccc3)C(=O)CS[C@@H]12.